The lowest BCUT2D eigenvalue weighted by atomic mass is 10.1. The monoisotopic (exact) mass is 181 g/mol. The van der Waals surface area contributed by atoms with Crippen LogP contribution in [0.3, 0.4) is 0 Å². The molecule has 1 heterocycles. The molecule has 0 bridgehead atoms. The van der Waals surface area contributed by atoms with Crippen LogP contribution >= 0.6 is 0 Å². The fourth-order valence-electron chi connectivity index (χ4n) is 1.59. The average Bonchev–Trinajstić information content (AvgIpc) is 2.55. The minimum Gasteiger partial charge on any atom is -0.300 e. The minimum atomic E-state index is 0.322. The van der Waals surface area contributed by atoms with Gasteiger partial charge < -0.3 is 4.79 Å². The van der Waals surface area contributed by atoms with Crippen molar-refractivity contribution in [2.45, 2.75) is 32.6 Å². The summed E-state index contributed by atoms with van der Waals surface area (Å²) >= 11 is 0. The second-order valence-electron chi connectivity index (χ2n) is 3.74. The van der Waals surface area contributed by atoms with E-state index in [-0.39, 0.29) is 0 Å². The second kappa shape index (κ2) is 5.92. The third-order valence-electron chi connectivity index (χ3n) is 2.40. The number of nitrogens with zero attached hydrogens (tertiary/aromatic N) is 1. The van der Waals surface area contributed by atoms with Gasteiger partial charge in [0.25, 0.3) is 0 Å². The fourth-order valence-corrected chi connectivity index (χ4v) is 1.59. The van der Waals surface area contributed by atoms with Crippen LogP contribution in [0.25, 0.3) is 0 Å². The highest BCUT2D eigenvalue weighted by molar-refractivity contribution is 5.75. The van der Waals surface area contributed by atoms with E-state index in [1.807, 2.05) is 0 Å². The van der Waals surface area contributed by atoms with Crippen LogP contribution in [0.2, 0.25) is 0 Å². The minimum absolute atomic E-state index is 0.322. The first kappa shape index (κ1) is 10.5. The molecule has 13 heavy (non-hydrogen) atoms. The van der Waals surface area contributed by atoms with Crippen molar-refractivity contribution in [2.75, 3.05) is 19.6 Å². The van der Waals surface area contributed by atoms with Gasteiger partial charge >= 0.3 is 0 Å². The van der Waals surface area contributed by atoms with E-state index in [9.17, 15) is 4.79 Å². The highest BCUT2D eigenvalue weighted by atomic mass is 16.1. The maximum atomic E-state index is 10.6. The standard InChI is InChI=1S/C11H19NO/c1-11(13)7-3-2-4-8-12-9-5-6-10-12/h5-6H,2-4,7-10H2,1H3. The molecule has 0 atom stereocenters. The lowest BCUT2D eigenvalue weighted by Crippen LogP contribution is -2.20. The molecule has 0 amide bonds. The zero-order valence-electron chi connectivity index (χ0n) is 8.46. The summed E-state index contributed by atoms with van der Waals surface area (Å²) in [7, 11) is 0. The van der Waals surface area contributed by atoms with Crippen molar-refractivity contribution in [3.05, 3.63) is 12.2 Å². The normalized spacial score (nSPS) is 16.7. The number of rotatable bonds is 6. The Morgan fingerprint density at radius 2 is 1.92 bits per heavy atom. The molecule has 0 unspecified atom stereocenters. The second-order valence-corrected chi connectivity index (χ2v) is 3.74. The van der Waals surface area contributed by atoms with Crippen molar-refractivity contribution in [2.24, 2.45) is 0 Å². The van der Waals surface area contributed by atoms with E-state index in [0.717, 1.165) is 25.9 Å². The van der Waals surface area contributed by atoms with Crippen LogP contribution in [0.1, 0.15) is 32.6 Å². The van der Waals surface area contributed by atoms with Crippen molar-refractivity contribution in [1.29, 1.82) is 0 Å². The number of unbranched alkanes of at least 4 members (excludes halogenated alkanes) is 2. The van der Waals surface area contributed by atoms with Crippen LogP contribution in [0.15, 0.2) is 12.2 Å². The van der Waals surface area contributed by atoms with Crippen LogP contribution in [-0.4, -0.2) is 30.3 Å². The largest absolute Gasteiger partial charge is 0.300 e. The summed E-state index contributed by atoms with van der Waals surface area (Å²) in [5, 5.41) is 0. The number of carbonyl (C=O) groups excluding carboxylic acids is 1. The lowest BCUT2D eigenvalue weighted by Gasteiger charge is -2.13. The molecule has 0 radical (unpaired) electrons. The van der Waals surface area contributed by atoms with E-state index in [4.69, 9.17) is 0 Å². The summed E-state index contributed by atoms with van der Waals surface area (Å²) in [5.41, 5.74) is 0. The van der Waals surface area contributed by atoms with Gasteiger partial charge in [-0.3, -0.25) is 4.90 Å². The summed E-state index contributed by atoms with van der Waals surface area (Å²) in [4.78, 5) is 13.1. The van der Waals surface area contributed by atoms with Crippen LogP contribution in [0.4, 0.5) is 0 Å². The van der Waals surface area contributed by atoms with E-state index in [1.165, 1.54) is 19.4 Å². The van der Waals surface area contributed by atoms with Crippen molar-refractivity contribution >= 4 is 5.78 Å². The highest BCUT2D eigenvalue weighted by Crippen LogP contribution is 2.05. The van der Waals surface area contributed by atoms with Crippen LogP contribution < -0.4 is 0 Å². The van der Waals surface area contributed by atoms with Crippen molar-refractivity contribution in [3.8, 4) is 0 Å². The van der Waals surface area contributed by atoms with Crippen molar-refractivity contribution in [3.63, 3.8) is 0 Å². The van der Waals surface area contributed by atoms with Crippen molar-refractivity contribution < 1.29 is 4.79 Å². The van der Waals surface area contributed by atoms with E-state index in [0.29, 0.717) is 5.78 Å². The highest BCUT2D eigenvalue weighted by Gasteiger charge is 2.04. The smallest absolute Gasteiger partial charge is 0.129 e. The van der Waals surface area contributed by atoms with Gasteiger partial charge in [-0.15, -0.1) is 0 Å². The average molecular weight is 181 g/mol. The fraction of sp³-hybridized carbons (Fsp3) is 0.727. The molecule has 0 saturated carbocycles. The van der Waals surface area contributed by atoms with Gasteiger partial charge in [0.2, 0.25) is 0 Å². The Morgan fingerprint density at radius 1 is 1.23 bits per heavy atom. The molecule has 0 fully saturated rings. The first-order chi connectivity index (χ1) is 6.29. The van der Waals surface area contributed by atoms with Gasteiger partial charge in [0.05, 0.1) is 0 Å². The van der Waals surface area contributed by atoms with Gasteiger partial charge in [-0.2, -0.15) is 0 Å². The number of carbonyl (C=O) groups is 1. The molecule has 2 heteroatoms. The number of hydrogen-bond acceptors (Lipinski definition) is 2. The molecule has 1 rings (SSSR count). The molecular weight excluding hydrogens is 162 g/mol. The molecule has 2 nitrogen and oxygen atoms in total. The number of ketones is 1. The van der Waals surface area contributed by atoms with Crippen LogP contribution in [-0.2, 0) is 4.79 Å². The van der Waals surface area contributed by atoms with Gasteiger partial charge in [0, 0.05) is 19.5 Å². The van der Waals surface area contributed by atoms with Gasteiger partial charge in [0.15, 0.2) is 0 Å². The van der Waals surface area contributed by atoms with Crippen LogP contribution in [0, 0.1) is 0 Å². The molecule has 0 aliphatic carbocycles. The Balaban J connectivity index is 1.86. The molecule has 1 aliphatic rings. The predicted octanol–water partition coefficient (Wildman–Crippen LogP) is 2.01. The number of Topliss-reactive ketones (excluding diaryl/α,β-unsaturated/α-hetero) is 1. The molecule has 0 N–H and O–H groups in total. The summed E-state index contributed by atoms with van der Waals surface area (Å²) in [6, 6.07) is 0. The van der Waals surface area contributed by atoms with Gasteiger partial charge in [-0.05, 0) is 26.3 Å². The maximum Gasteiger partial charge on any atom is 0.129 e. The van der Waals surface area contributed by atoms with Crippen LogP contribution in [0.5, 0.6) is 0 Å². The Morgan fingerprint density at radius 3 is 2.54 bits per heavy atom. The van der Waals surface area contributed by atoms with Gasteiger partial charge in [0.1, 0.15) is 5.78 Å². The summed E-state index contributed by atoms with van der Waals surface area (Å²) in [5.74, 6) is 0.322. The topological polar surface area (TPSA) is 20.3 Å². The molecule has 0 aromatic rings. The maximum absolute atomic E-state index is 10.6. The third kappa shape index (κ3) is 4.83. The molecule has 0 saturated heterocycles. The Kier molecular flexibility index (Phi) is 4.76. The van der Waals surface area contributed by atoms with E-state index >= 15 is 0 Å². The molecule has 74 valence electrons. The first-order valence-corrected chi connectivity index (χ1v) is 5.16. The Hall–Kier alpha value is -0.630. The molecule has 0 aromatic heterocycles. The lowest BCUT2D eigenvalue weighted by molar-refractivity contribution is -0.117. The molecule has 0 spiro atoms. The molecule has 0 aromatic carbocycles. The zero-order valence-corrected chi connectivity index (χ0v) is 8.46. The van der Waals surface area contributed by atoms with E-state index in [2.05, 4.69) is 17.1 Å². The SMILES string of the molecule is CC(=O)CCCCCN1CC=CC1. The molecule has 1 aliphatic heterocycles. The predicted molar refractivity (Wildman–Crippen MR) is 54.7 cm³/mol. The summed E-state index contributed by atoms with van der Waals surface area (Å²) < 4.78 is 0. The quantitative estimate of drug-likeness (QED) is 0.461. The summed E-state index contributed by atoms with van der Waals surface area (Å²) in [6.07, 6.45) is 8.69. The van der Waals surface area contributed by atoms with Gasteiger partial charge in [-0.1, -0.05) is 18.6 Å². The van der Waals surface area contributed by atoms with Crippen molar-refractivity contribution in [1.82, 2.24) is 4.90 Å². The van der Waals surface area contributed by atoms with E-state index < -0.39 is 0 Å². The Labute approximate surface area is 80.6 Å². The third-order valence-corrected chi connectivity index (χ3v) is 2.40. The summed E-state index contributed by atoms with van der Waals surface area (Å²) in [6.45, 7) is 5.09. The Bertz CT molecular complexity index is 179. The molecular formula is C11H19NO. The van der Waals surface area contributed by atoms with E-state index in [1.54, 1.807) is 6.92 Å². The van der Waals surface area contributed by atoms with Gasteiger partial charge in [-0.25, -0.2) is 0 Å². The number of hydrogen-bond donors (Lipinski definition) is 0. The zero-order chi connectivity index (χ0) is 9.52. The first-order valence-electron chi connectivity index (χ1n) is 5.16.